The van der Waals surface area contributed by atoms with E-state index in [1.54, 1.807) is 0 Å². The van der Waals surface area contributed by atoms with Crippen LogP contribution in [-0.2, 0) is 65.4 Å². The van der Waals surface area contributed by atoms with Gasteiger partial charge in [0.25, 0.3) is 0 Å². The number of phosphoric acid groups is 2. The minimum absolute atomic E-state index is 0.0839. The van der Waals surface area contributed by atoms with Gasteiger partial charge in [-0.05, 0) is 69.1 Å². The number of aliphatic hydroxyl groups excluding tert-OH is 1. The molecule has 0 rings (SSSR count). The highest BCUT2D eigenvalue weighted by molar-refractivity contribution is 7.47. The largest absolute Gasteiger partial charge is 0.472 e. The van der Waals surface area contributed by atoms with Gasteiger partial charge in [-0.3, -0.25) is 37.3 Å². The Morgan fingerprint density at radius 3 is 0.864 bits per heavy atom. The highest BCUT2D eigenvalue weighted by atomic mass is 31.2. The number of esters is 4. The summed E-state index contributed by atoms with van der Waals surface area (Å²) in [6, 6.07) is 0. The topological polar surface area (TPSA) is 237 Å². The number of phosphoric ester groups is 2. The number of carbonyl (C=O) groups is 4. The van der Waals surface area contributed by atoms with Crippen LogP contribution in [0.3, 0.4) is 0 Å². The molecule has 3 N–H and O–H groups in total. The molecule has 0 spiro atoms. The fraction of sp³-hybridized carbons (Fsp3) is 0.905. The molecule has 608 valence electrons. The van der Waals surface area contributed by atoms with E-state index in [2.05, 4.69) is 72.8 Å². The number of aliphatic hydroxyl groups is 1. The third kappa shape index (κ3) is 76.1. The maximum absolute atomic E-state index is 13.1. The van der Waals surface area contributed by atoms with Gasteiger partial charge in [0.05, 0.1) is 26.4 Å². The van der Waals surface area contributed by atoms with Gasteiger partial charge in [0, 0.05) is 25.7 Å². The number of allylic oxidation sites excluding steroid dienone is 4. The Morgan fingerprint density at radius 2 is 0.573 bits per heavy atom. The van der Waals surface area contributed by atoms with Crippen molar-refractivity contribution in [2.75, 3.05) is 39.6 Å². The first kappa shape index (κ1) is 101. The van der Waals surface area contributed by atoms with E-state index in [0.29, 0.717) is 31.6 Å². The lowest BCUT2D eigenvalue weighted by atomic mass is 9.99. The van der Waals surface area contributed by atoms with Crippen LogP contribution in [0.2, 0.25) is 0 Å². The standard InChI is InChI=1S/C84H160O17P2/c1-8-10-11-12-13-14-15-16-21-29-34-39-44-53-60-68-84(89)101-80(72-95-82(87)66-59-52-47-46-49-56-63-76(5)6)74-99-103(92,93)97-70-78(85)69-96-102(90,91)98-73-79(71-94-81(86)65-58-51-43-38-33-28-25-24-26-31-36-41-48-55-62-75(3)4)100-83(88)67-61-54-45-40-35-30-23-20-18-17-19-22-27-32-37-42-50-57-64-77(7)9-2/h14-16,21,75-80,85H,8-13,17-20,22-74H2,1-7H3,(H,90,91)(H,92,93)/b15-14-,21-16-/t77?,78-,79-,80-/m1/s1. The van der Waals surface area contributed by atoms with Crippen molar-refractivity contribution in [2.24, 2.45) is 17.8 Å². The molecule has 0 aromatic carbocycles. The van der Waals surface area contributed by atoms with E-state index in [-0.39, 0.29) is 25.7 Å². The Hall–Kier alpha value is -2.46. The molecule has 0 bridgehead atoms. The first-order valence-electron chi connectivity index (χ1n) is 42.7. The molecule has 6 atom stereocenters. The van der Waals surface area contributed by atoms with Gasteiger partial charge in [0.2, 0.25) is 0 Å². The molecule has 0 aromatic rings. The van der Waals surface area contributed by atoms with Gasteiger partial charge in [-0.2, -0.15) is 0 Å². The summed E-state index contributed by atoms with van der Waals surface area (Å²) in [4.78, 5) is 73.0. The Balaban J connectivity index is 5.24. The summed E-state index contributed by atoms with van der Waals surface area (Å²) in [5.74, 6) is 0.203. The second-order valence-corrected chi connectivity index (χ2v) is 33.6. The zero-order chi connectivity index (χ0) is 75.8. The fourth-order valence-electron chi connectivity index (χ4n) is 12.4. The summed E-state index contributed by atoms with van der Waals surface area (Å²) in [6.45, 7) is 11.9. The summed E-state index contributed by atoms with van der Waals surface area (Å²) < 4.78 is 68.7. The van der Waals surface area contributed by atoms with Crippen LogP contribution in [0.4, 0.5) is 0 Å². The average molecular weight is 1500 g/mol. The van der Waals surface area contributed by atoms with E-state index in [4.69, 9.17) is 37.0 Å². The molecule has 103 heavy (non-hydrogen) atoms. The Bertz CT molecular complexity index is 2090. The van der Waals surface area contributed by atoms with Gasteiger partial charge in [-0.15, -0.1) is 0 Å². The lowest BCUT2D eigenvalue weighted by Gasteiger charge is -2.21. The average Bonchev–Trinajstić information content (AvgIpc) is 0.942. The molecule has 0 aliphatic heterocycles. The number of rotatable bonds is 80. The predicted molar refractivity (Wildman–Crippen MR) is 423 cm³/mol. The summed E-state index contributed by atoms with van der Waals surface area (Å²) in [7, 11) is -9.94. The molecule has 0 fully saturated rings. The van der Waals surface area contributed by atoms with E-state index in [9.17, 15) is 43.2 Å². The fourth-order valence-corrected chi connectivity index (χ4v) is 14.0. The minimum Gasteiger partial charge on any atom is -0.462 e. The van der Waals surface area contributed by atoms with Crippen LogP contribution in [0.15, 0.2) is 24.3 Å². The molecule has 0 aromatic heterocycles. The van der Waals surface area contributed by atoms with Crippen LogP contribution in [0.1, 0.15) is 414 Å². The van der Waals surface area contributed by atoms with Gasteiger partial charge in [0.1, 0.15) is 19.3 Å². The Kier molecular flexibility index (Phi) is 71.9. The van der Waals surface area contributed by atoms with Crippen molar-refractivity contribution in [3.8, 4) is 0 Å². The zero-order valence-corrected chi connectivity index (χ0v) is 69.1. The summed E-state index contributed by atoms with van der Waals surface area (Å²) in [5, 5.41) is 10.6. The minimum atomic E-state index is -4.97. The molecule has 0 aliphatic carbocycles. The molecule has 0 heterocycles. The molecule has 0 amide bonds. The normalized spacial score (nSPS) is 14.3. The monoisotopic (exact) mass is 1500 g/mol. The molecule has 0 saturated carbocycles. The van der Waals surface area contributed by atoms with Crippen molar-refractivity contribution in [3.05, 3.63) is 24.3 Å². The van der Waals surface area contributed by atoms with Crippen LogP contribution in [0.25, 0.3) is 0 Å². The third-order valence-corrected chi connectivity index (χ3v) is 21.3. The van der Waals surface area contributed by atoms with E-state index < -0.39 is 97.5 Å². The van der Waals surface area contributed by atoms with Gasteiger partial charge < -0.3 is 33.8 Å². The van der Waals surface area contributed by atoms with Crippen molar-refractivity contribution < 1.29 is 80.2 Å². The first-order chi connectivity index (χ1) is 49.8. The maximum atomic E-state index is 13.1. The molecule has 17 nitrogen and oxygen atoms in total. The van der Waals surface area contributed by atoms with Crippen LogP contribution in [0.5, 0.6) is 0 Å². The second-order valence-electron chi connectivity index (χ2n) is 30.7. The SMILES string of the molecule is CCCCCC/C=C\C=C/CCCCCCCC(=O)O[C@H](COC(=O)CCCCCCCCC(C)C)COP(=O)(O)OC[C@H](O)COP(=O)(O)OC[C@@H](COC(=O)CCCCCCCCCCCCCCCCC(C)C)OC(=O)CCCCCCCCCCCCCCCCCCCCC(C)CC. The highest BCUT2D eigenvalue weighted by Crippen LogP contribution is 2.45. The Morgan fingerprint density at radius 1 is 0.320 bits per heavy atom. The second kappa shape index (κ2) is 73.7. The molecule has 19 heteroatoms. The van der Waals surface area contributed by atoms with Crippen LogP contribution >= 0.6 is 15.6 Å². The summed E-state index contributed by atoms with van der Waals surface area (Å²) >= 11 is 0. The molecular weight excluding hydrogens is 1340 g/mol. The van der Waals surface area contributed by atoms with Gasteiger partial charge in [-0.25, -0.2) is 9.13 Å². The number of hydrogen-bond acceptors (Lipinski definition) is 15. The molecule has 0 aliphatic rings. The molecule has 0 radical (unpaired) electrons. The summed E-state index contributed by atoms with van der Waals surface area (Å²) in [5.41, 5.74) is 0. The summed E-state index contributed by atoms with van der Waals surface area (Å²) in [6.07, 6.45) is 66.2. The van der Waals surface area contributed by atoms with E-state index in [1.165, 1.54) is 205 Å². The van der Waals surface area contributed by atoms with Crippen molar-refractivity contribution in [2.45, 2.75) is 433 Å². The van der Waals surface area contributed by atoms with Crippen molar-refractivity contribution in [1.29, 1.82) is 0 Å². The van der Waals surface area contributed by atoms with Gasteiger partial charge in [-0.1, -0.05) is 362 Å². The molecule has 3 unspecified atom stereocenters. The lowest BCUT2D eigenvalue weighted by molar-refractivity contribution is -0.161. The molecular formula is C84H160O17P2. The lowest BCUT2D eigenvalue weighted by Crippen LogP contribution is -2.30. The van der Waals surface area contributed by atoms with E-state index >= 15 is 0 Å². The predicted octanol–water partition coefficient (Wildman–Crippen LogP) is 24.9. The van der Waals surface area contributed by atoms with Crippen molar-refractivity contribution in [3.63, 3.8) is 0 Å². The number of unbranched alkanes of at least 4 members (excludes halogenated alkanes) is 44. The van der Waals surface area contributed by atoms with E-state index in [0.717, 1.165) is 121 Å². The maximum Gasteiger partial charge on any atom is 0.472 e. The molecule has 0 saturated heterocycles. The number of ether oxygens (including phenoxy) is 4. The highest BCUT2D eigenvalue weighted by Gasteiger charge is 2.30. The van der Waals surface area contributed by atoms with Crippen molar-refractivity contribution in [1.82, 2.24) is 0 Å². The van der Waals surface area contributed by atoms with Gasteiger partial charge in [0.15, 0.2) is 12.2 Å². The number of hydrogen-bond donors (Lipinski definition) is 3. The number of carbonyl (C=O) groups excluding carboxylic acids is 4. The third-order valence-electron chi connectivity index (χ3n) is 19.4. The smallest absolute Gasteiger partial charge is 0.462 e. The quantitative estimate of drug-likeness (QED) is 0.0169. The van der Waals surface area contributed by atoms with E-state index in [1.807, 2.05) is 0 Å². The van der Waals surface area contributed by atoms with Crippen LogP contribution < -0.4 is 0 Å². The Labute approximate surface area is 631 Å². The first-order valence-corrected chi connectivity index (χ1v) is 45.7. The van der Waals surface area contributed by atoms with Crippen molar-refractivity contribution >= 4 is 39.5 Å². The van der Waals surface area contributed by atoms with Gasteiger partial charge >= 0.3 is 39.5 Å². The van der Waals surface area contributed by atoms with Crippen LogP contribution in [-0.4, -0.2) is 96.7 Å². The zero-order valence-electron chi connectivity index (χ0n) is 67.3. The van der Waals surface area contributed by atoms with Crippen LogP contribution in [0, 0.1) is 17.8 Å².